The lowest BCUT2D eigenvalue weighted by molar-refractivity contribution is -0.141. The van der Waals surface area contributed by atoms with E-state index in [2.05, 4.69) is 13.5 Å². The monoisotopic (exact) mass is 416 g/mol. The number of carbonyl (C=O) groups excluding carboxylic acids is 2. The van der Waals surface area contributed by atoms with Crippen LogP contribution in [0, 0.1) is 29.5 Å². The summed E-state index contributed by atoms with van der Waals surface area (Å²) in [6, 6.07) is 4.25. The lowest BCUT2D eigenvalue weighted by Gasteiger charge is -2.36. The van der Waals surface area contributed by atoms with Crippen LogP contribution in [0.1, 0.15) is 70.8 Å². The lowest BCUT2D eigenvalue weighted by Crippen LogP contribution is -2.30. The van der Waals surface area contributed by atoms with Crippen LogP contribution in [0.25, 0.3) is 0 Å². The summed E-state index contributed by atoms with van der Waals surface area (Å²) in [5, 5.41) is 0. The third kappa shape index (κ3) is 5.93. The number of esters is 2. The zero-order valence-corrected chi connectivity index (χ0v) is 18.1. The van der Waals surface area contributed by atoms with E-state index in [1.165, 1.54) is 37.8 Å². The van der Waals surface area contributed by atoms with Gasteiger partial charge in [-0.05, 0) is 80.9 Å². The van der Waals surface area contributed by atoms with Crippen molar-refractivity contribution in [2.45, 2.75) is 71.8 Å². The largest absolute Gasteiger partial charge is 0.457 e. The molecule has 0 amide bonds. The number of halogens is 1. The lowest BCUT2D eigenvalue weighted by atomic mass is 9.69. The van der Waals surface area contributed by atoms with Crippen LogP contribution in [-0.4, -0.2) is 11.9 Å². The molecule has 30 heavy (non-hydrogen) atoms. The van der Waals surface area contributed by atoms with Gasteiger partial charge in [0.05, 0.1) is 5.92 Å². The Labute approximate surface area is 178 Å². The Morgan fingerprint density at radius 2 is 1.63 bits per heavy atom. The second kappa shape index (κ2) is 10.2. The van der Waals surface area contributed by atoms with Gasteiger partial charge in [-0.25, -0.2) is 9.18 Å². The molecule has 0 atom stereocenters. The average Bonchev–Trinajstić information content (AvgIpc) is 2.74. The Hall–Kier alpha value is -2.17. The molecular formula is C25H33FO4. The second-order valence-corrected chi connectivity index (χ2v) is 9.17. The summed E-state index contributed by atoms with van der Waals surface area (Å²) in [7, 11) is 0. The van der Waals surface area contributed by atoms with Crippen LogP contribution in [0.5, 0.6) is 5.75 Å². The van der Waals surface area contributed by atoms with E-state index in [4.69, 9.17) is 9.47 Å². The highest BCUT2D eigenvalue weighted by atomic mass is 19.1. The molecule has 0 aliphatic heterocycles. The van der Waals surface area contributed by atoms with Crippen molar-refractivity contribution in [3.63, 3.8) is 0 Å². The van der Waals surface area contributed by atoms with Crippen molar-refractivity contribution in [3.8, 4) is 5.75 Å². The highest BCUT2D eigenvalue weighted by Crippen LogP contribution is 2.41. The Balaban J connectivity index is 1.48. The van der Waals surface area contributed by atoms with Gasteiger partial charge < -0.3 is 9.47 Å². The van der Waals surface area contributed by atoms with Gasteiger partial charge in [-0.15, -0.1) is 0 Å². The maximum Gasteiger partial charge on any atom is 0.333 e. The summed E-state index contributed by atoms with van der Waals surface area (Å²) in [4.78, 5) is 24.0. The van der Waals surface area contributed by atoms with Crippen molar-refractivity contribution in [1.82, 2.24) is 0 Å². The molecule has 0 heterocycles. The quantitative estimate of drug-likeness (QED) is 0.325. The minimum Gasteiger partial charge on any atom is -0.457 e. The van der Waals surface area contributed by atoms with Crippen molar-refractivity contribution in [2.75, 3.05) is 0 Å². The SMILES string of the molecule is C=C(C)C(=O)OCc1ccc(OC(=O)C2CCC(C3CCC(C)CC3)CC2)c(F)c1. The van der Waals surface area contributed by atoms with Crippen LogP contribution in [-0.2, 0) is 20.9 Å². The first-order valence-electron chi connectivity index (χ1n) is 11.2. The maximum absolute atomic E-state index is 14.4. The highest BCUT2D eigenvalue weighted by molar-refractivity contribution is 5.86. The number of rotatable bonds is 6. The van der Waals surface area contributed by atoms with E-state index in [1.807, 2.05) is 0 Å². The normalized spacial score (nSPS) is 26.6. The van der Waals surface area contributed by atoms with Crippen molar-refractivity contribution < 1.29 is 23.5 Å². The van der Waals surface area contributed by atoms with Crippen LogP contribution in [0.15, 0.2) is 30.4 Å². The fraction of sp³-hybridized carbons (Fsp3) is 0.600. The van der Waals surface area contributed by atoms with Gasteiger partial charge in [0.25, 0.3) is 0 Å². The van der Waals surface area contributed by atoms with Crippen LogP contribution >= 0.6 is 0 Å². The first kappa shape index (κ1) is 22.5. The maximum atomic E-state index is 14.4. The molecule has 0 unspecified atom stereocenters. The molecule has 0 radical (unpaired) electrons. The Morgan fingerprint density at radius 3 is 2.20 bits per heavy atom. The summed E-state index contributed by atoms with van der Waals surface area (Å²) in [5.41, 5.74) is 0.776. The summed E-state index contributed by atoms with van der Waals surface area (Å²) in [6.45, 7) is 7.34. The summed E-state index contributed by atoms with van der Waals surface area (Å²) in [5.74, 6) is 0.666. The number of benzene rings is 1. The van der Waals surface area contributed by atoms with Crippen molar-refractivity contribution in [3.05, 3.63) is 41.7 Å². The summed E-state index contributed by atoms with van der Waals surface area (Å²) >= 11 is 0. The molecule has 2 aliphatic carbocycles. The van der Waals surface area contributed by atoms with Crippen LogP contribution in [0.4, 0.5) is 4.39 Å². The molecule has 2 fully saturated rings. The number of hydrogen-bond donors (Lipinski definition) is 0. The molecule has 164 valence electrons. The fourth-order valence-corrected chi connectivity index (χ4v) is 4.76. The van der Waals surface area contributed by atoms with E-state index >= 15 is 0 Å². The van der Waals surface area contributed by atoms with Crippen molar-refractivity contribution in [1.29, 1.82) is 0 Å². The summed E-state index contributed by atoms with van der Waals surface area (Å²) < 4.78 is 24.7. The van der Waals surface area contributed by atoms with Gasteiger partial charge in [0, 0.05) is 5.57 Å². The van der Waals surface area contributed by atoms with Gasteiger partial charge in [0.1, 0.15) is 6.61 Å². The van der Waals surface area contributed by atoms with Gasteiger partial charge >= 0.3 is 11.9 Å². The van der Waals surface area contributed by atoms with Gasteiger partial charge in [-0.3, -0.25) is 4.79 Å². The predicted molar refractivity (Wildman–Crippen MR) is 113 cm³/mol. The van der Waals surface area contributed by atoms with Gasteiger partial charge in [0.2, 0.25) is 0 Å². The molecule has 0 aromatic heterocycles. The molecule has 2 saturated carbocycles. The van der Waals surface area contributed by atoms with Crippen molar-refractivity contribution in [2.24, 2.45) is 23.7 Å². The fourth-order valence-electron chi connectivity index (χ4n) is 4.76. The number of ether oxygens (including phenoxy) is 2. The van der Waals surface area contributed by atoms with E-state index in [9.17, 15) is 14.0 Å². The topological polar surface area (TPSA) is 52.6 Å². The molecule has 1 aromatic rings. The minimum absolute atomic E-state index is 0.0548. The third-order valence-corrected chi connectivity index (χ3v) is 6.76. The van der Waals surface area contributed by atoms with E-state index in [1.54, 1.807) is 13.0 Å². The van der Waals surface area contributed by atoms with Crippen molar-refractivity contribution >= 4 is 11.9 Å². The molecule has 4 nitrogen and oxygen atoms in total. The van der Waals surface area contributed by atoms with Crippen LogP contribution in [0.2, 0.25) is 0 Å². The zero-order chi connectivity index (χ0) is 21.7. The zero-order valence-electron chi connectivity index (χ0n) is 18.1. The van der Waals surface area contributed by atoms with Gasteiger partial charge in [-0.2, -0.15) is 0 Å². The van der Waals surface area contributed by atoms with E-state index in [0.29, 0.717) is 5.56 Å². The number of carbonyl (C=O) groups is 2. The Bertz CT molecular complexity index is 771. The van der Waals surface area contributed by atoms with E-state index < -0.39 is 11.8 Å². The highest BCUT2D eigenvalue weighted by Gasteiger charge is 2.33. The minimum atomic E-state index is -0.628. The first-order valence-corrected chi connectivity index (χ1v) is 11.2. The third-order valence-electron chi connectivity index (χ3n) is 6.76. The van der Waals surface area contributed by atoms with Gasteiger partial charge in [-0.1, -0.05) is 32.4 Å². The molecule has 0 saturated heterocycles. The molecule has 0 bridgehead atoms. The number of hydrogen-bond acceptors (Lipinski definition) is 4. The van der Waals surface area contributed by atoms with E-state index in [-0.39, 0.29) is 29.8 Å². The van der Waals surface area contributed by atoms with Crippen LogP contribution in [0.3, 0.4) is 0 Å². The molecule has 0 spiro atoms. The first-order chi connectivity index (χ1) is 14.3. The average molecular weight is 417 g/mol. The second-order valence-electron chi connectivity index (χ2n) is 9.17. The molecule has 0 N–H and O–H groups in total. The van der Waals surface area contributed by atoms with Gasteiger partial charge in [0.15, 0.2) is 11.6 Å². The van der Waals surface area contributed by atoms with Crippen LogP contribution < -0.4 is 4.74 Å². The molecule has 2 aliphatic rings. The smallest absolute Gasteiger partial charge is 0.333 e. The summed E-state index contributed by atoms with van der Waals surface area (Å²) in [6.07, 6.45) is 9.07. The molecular weight excluding hydrogens is 383 g/mol. The Morgan fingerprint density at radius 1 is 1.03 bits per heavy atom. The molecule has 3 rings (SSSR count). The Kier molecular flexibility index (Phi) is 7.68. The standard InChI is InChI=1S/C25H33FO4/c1-16(2)24(27)29-15-18-6-13-23(22(26)14-18)30-25(28)21-11-9-20(10-12-21)19-7-4-17(3)5-8-19/h6,13-14,17,19-21H,1,4-5,7-12,15H2,2-3H3. The van der Waals surface area contributed by atoms with E-state index in [0.717, 1.165) is 43.4 Å². The molecule has 5 heteroatoms. The predicted octanol–water partition coefficient (Wildman–Crippen LogP) is 5.98. The molecule has 1 aromatic carbocycles.